The van der Waals surface area contributed by atoms with Crippen LogP contribution in [0.3, 0.4) is 0 Å². The number of amides is 1. The van der Waals surface area contributed by atoms with Gasteiger partial charge in [-0.1, -0.05) is 12.1 Å². The Morgan fingerprint density at radius 1 is 1.33 bits per heavy atom. The number of nitrogens with one attached hydrogen (secondary N) is 1. The topological polar surface area (TPSA) is 62.1 Å². The number of hydrogen-bond acceptors (Lipinski definition) is 3. The molecule has 2 aromatic rings. The molecule has 0 radical (unpaired) electrons. The van der Waals surface area contributed by atoms with Crippen LogP contribution in [-0.4, -0.2) is 12.5 Å². The van der Waals surface area contributed by atoms with Gasteiger partial charge >= 0.3 is 0 Å². The maximum Gasteiger partial charge on any atom is 0.255 e. The molecule has 4 nitrogen and oxygen atoms in total. The van der Waals surface area contributed by atoms with Crippen LogP contribution in [0.4, 0.5) is 10.1 Å². The smallest absolute Gasteiger partial charge is 0.255 e. The molecule has 0 saturated heterocycles. The molecule has 2 rings (SSSR count). The van der Waals surface area contributed by atoms with Crippen molar-refractivity contribution >= 4 is 27.5 Å². The van der Waals surface area contributed by atoms with E-state index >= 15 is 0 Å². The zero-order valence-corrected chi connectivity index (χ0v) is 12.4. The lowest BCUT2D eigenvalue weighted by molar-refractivity contribution is 0.102. The molecule has 0 heterocycles. The summed E-state index contributed by atoms with van der Waals surface area (Å²) < 4.78 is 18.9. The second-order valence-electron chi connectivity index (χ2n) is 4.03. The Morgan fingerprint density at radius 3 is 2.81 bits per heavy atom. The molecule has 0 spiro atoms. The minimum Gasteiger partial charge on any atom is -0.477 e. The van der Waals surface area contributed by atoms with Crippen LogP contribution in [0.1, 0.15) is 10.4 Å². The van der Waals surface area contributed by atoms with E-state index in [0.29, 0.717) is 11.4 Å². The van der Waals surface area contributed by atoms with Crippen molar-refractivity contribution < 1.29 is 13.9 Å². The molecule has 0 atom stereocenters. The van der Waals surface area contributed by atoms with Crippen LogP contribution in [0.25, 0.3) is 0 Å². The van der Waals surface area contributed by atoms with Crippen LogP contribution < -0.4 is 10.1 Å². The number of ether oxygens (including phenoxy) is 1. The highest BCUT2D eigenvalue weighted by atomic mass is 79.9. The molecule has 0 aliphatic rings. The number of anilines is 1. The quantitative estimate of drug-likeness (QED) is 0.915. The van der Waals surface area contributed by atoms with E-state index < -0.39 is 11.7 Å². The van der Waals surface area contributed by atoms with Crippen LogP contribution >= 0.6 is 15.9 Å². The number of rotatable bonds is 4. The van der Waals surface area contributed by atoms with E-state index in [-0.39, 0.29) is 16.6 Å². The number of nitrogens with zero attached hydrogens (tertiary/aromatic N) is 1. The number of carbonyl (C=O) groups is 1. The second-order valence-corrected chi connectivity index (χ2v) is 4.88. The minimum atomic E-state index is -0.517. The van der Waals surface area contributed by atoms with E-state index in [1.165, 1.54) is 12.1 Å². The zero-order chi connectivity index (χ0) is 15.2. The number of para-hydroxylation sites is 2. The van der Waals surface area contributed by atoms with Gasteiger partial charge in [-0.25, -0.2) is 4.39 Å². The van der Waals surface area contributed by atoms with E-state index in [2.05, 4.69) is 21.2 Å². The second kappa shape index (κ2) is 6.86. The maximum atomic E-state index is 13.4. The van der Waals surface area contributed by atoms with Gasteiger partial charge in [0.05, 0.1) is 10.2 Å². The summed E-state index contributed by atoms with van der Waals surface area (Å²) in [5.41, 5.74) is 0.604. The average Bonchev–Trinajstić information content (AvgIpc) is 2.49. The van der Waals surface area contributed by atoms with Gasteiger partial charge in [-0.2, -0.15) is 5.26 Å². The highest BCUT2D eigenvalue weighted by molar-refractivity contribution is 9.10. The number of hydrogen-bond donors (Lipinski definition) is 1. The van der Waals surface area contributed by atoms with Gasteiger partial charge in [-0.3, -0.25) is 4.79 Å². The van der Waals surface area contributed by atoms with Crippen molar-refractivity contribution in [2.75, 3.05) is 11.9 Å². The molecule has 6 heteroatoms. The Balaban J connectivity index is 2.19. The van der Waals surface area contributed by atoms with Gasteiger partial charge in [0.15, 0.2) is 6.61 Å². The molecule has 0 bridgehead atoms. The van der Waals surface area contributed by atoms with Gasteiger partial charge in [0.25, 0.3) is 5.91 Å². The average molecular weight is 349 g/mol. The largest absolute Gasteiger partial charge is 0.477 e. The van der Waals surface area contributed by atoms with Gasteiger partial charge in [-0.05, 0) is 46.3 Å². The molecule has 0 unspecified atom stereocenters. The van der Waals surface area contributed by atoms with Crippen LogP contribution in [0.5, 0.6) is 5.75 Å². The van der Waals surface area contributed by atoms with Crippen molar-refractivity contribution in [3.05, 3.63) is 58.3 Å². The summed E-state index contributed by atoms with van der Waals surface area (Å²) in [6.45, 7) is -0.125. The van der Waals surface area contributed by atoms with E-state index in [1.54, 1.807) is 24.3 Å². The van der Waals surface area contributed by atoms with Gasteiger partial charge in [0.2, 0.25) is 0 Å². The fourth-order valence-electron chi connectivity index (χ4n) is 1.64. The van der Waals surface area contributed by atoms with Crippen molar-refractivity contribution in [1.29, 1.82) is 5.26 Å². The Bertz CT molecular complexity index is 713. The number of benzene rings is 2. The molecular formula is C15H10BrFN2O2. The van der Waals surface area contributed by atoms with Crippen molar-refractivity contribution in [3.63, 3.8) is 0 Å². The van der Waals surface area contributed by atoms with Gasteiger partial charge in [-0.15, -0.1) is 0 Å². The maximum absolute atomic E-state index is 13.4. The summed E-state index contributed by atoms with van der Waals surface area (Å²) >= 11 is 3.03. The molecular weight excluding hydrogens is 339 g/mol. The van der Waals surface area contributed by atoms with Crippen molar-refractivity contribution in [3.8, 4) is 11.8 Å². The van der Waals surface area contributed by atoms with E-state index in [4.69, 9.17) is 10.00 Å². The lowest BCUT2D eigenvalue weighted by Gasteiger charge is -2.10. The summed E-state index contributed by atoms with van der Waals surface area (Å²) in [6.07, 6.45) is 0. The third kappa shape index (κ3) is 3.80. The number of carbonyl (C=O) groups excluding carboxylic acids is 1. The highest BCUT2D eigenvalue weighted by Gasteiger charge is 2.11. The third-order valence-corrected chi connectivity index (χ3v) is 3.25. The van der Waals surface area contributed by atoms with Crippen LogP contribution in [-0.2, 0) is 0 Å². The molecule has 2 aromatic carbocycles. The van der Waals surface area contributed by atoms with Crippen LogP contribution in [0.15, 0.2) is 46.9 Å². The number of nitriles is 1. The molecule has 0 aliphatic heterocycles. The monoisotopic (exact) mass is 348 g/mol. The van der Waals surface area contributed by atoms with Crippen molar-refractivity contribution in [2.24, 2.45) is 0 Å². The molecule has 21 heavy (non-hydrogen) atoms. The summed E-state index contributed by atoms with van der Waals surface area (Å²) in [5.74, 6) is -0.601. The highest BCUT2D eigenvalue weighted by Crippen LogP contribution is 2.25. The molecule has 1 amide bonds. The first-order valence-corrected chi connectivity index (χ1v) is 6.76. The Kier molecular flexibility index (Phi) is 4.90. The molecule has 0 fully saturated rings. The Hall–Kier alpha value is -2.39. The molecule has 0 saturated carbocycles. The van der Waals surface area contributed by atoms with Crippen LogP contribution in [0.2, 0.25) is 0 Å². The summed E-state index contributed by atoms with van der Waals surface area (Å²) in [7, 11) is 0. The predicted molar refractivity (Wildman–Crippen MR) is 79.6 cm³/mol. The minimum absolute atomic E-state index is 0.125. The first kappa shape index (κ1) is 15.0. The van der Waals surface area contributed by atoms with E-state index in [0.717, 1.165) is 6.07 Å². The number of halogens is 2. The van der Waals surface area contributed by atoms with Crippen LogP contribution in [0, 0.1) is 17.1 Å². The Labute approximate surface area is 129 Å². The SMILES string of the molecule is N#CCOc1ccccc1NC(=O)c1ccc(Br)c(F)c1. The molecule has 106 valence electrons. The summed E-state index contributed by atoms with van der Waals surface area (Å²) in [6, 6.07) is 12.7. The van der Waals surface area contributed by atoms with Gasteiger partial charge in [0.1, 0.15) is 17.6 Å². The van der Waals surface area contributed by atoms with Crippen molar-refractivity contribution in [1.82, 2.24) is 0 Å². The van der Waals surface area contributed by atoms with Crippen molar-refractivity contribution in [2.45, 2.75) is 0 Å². The normalized spacial score (nSPS) is 9.76. The molecule has 1 N–H and O–H groups in total. The lowest BCUT2D eigenvalue weighted by atomic mass is 10.2. The Morgan fingerprint density at radius 2 is 2.10 bits per heavy atom. The third-order valence-electron chi connectivity index (χ3n) is 2.61. The standard InChI is InChI=1S/C15H10BrFN2O2/c16-11-6-5-10(9-12(11)17)15(20)19-13-3-1-2-4-14(13)21-8-7-18/h1-6,9H,8H2,(H,19,20). The summed E-state index contributed by atoms with van der Waals surface area (Å²) in [5, 5.41) is 11.2. The first-order valence-electron chi connectivity index (χ1n) is 5.97. The fraction of sp³-hybridized carbons (Fsp3) is 0.0667. The fourth-order valence-corrected chi connectivity index (χ4v) is 1.88. The first-order chi connectivity index (χ1) is 10.1. The summed E-state index contributed by atoms with van der Waals surface area (Å²) in [4.78, 5) is 12.1. The lowest BCUT2D eigenvalue weighted by Crippen LogP contribution is -2.13. The molecule has 0 aromatic heterocycles. The van der Waals surface area contributed by atoms with E-state index in [1.807, 2.05) is 6.07 Å². The van der Waals surface area contributed by atoms with E-state index in [9.17, 15) is 9.18 Å². The van der Waals surface area contributed by atoms with Gasteiger partial charge < -0.3 is 10.1 Å². The van der Waals surface area contributed by atoms with Gasteiger partial charge in [0, 0.05) is 5.56 Å². The predicted octanol–water partition coefficient (Wildman–Crippen LogP) is 3.74. The zero-order valence-electron chi connectivity index (χ0n) is 10.8. The molecule has 0 aliphatic carbocycles.